The maximum Gasteiger partial charge on any atom is 0.198 e. The van der Waals surface area contributed by atoms with Gasteiger partial charge in [-0.15, -0.1) is 0 Å². The Hall–Kier alpha value is -2.43. The molecule has 3 nitrogen and oxygen atoms in total. The van der Waals surface area contributed by atoms with Gasteiger partial charge in [0.05, 0.1) is 12.7 Å². The van der Waals surface area contributed by atoms with Crippen LogP contribution in [0.4, 0.5) is 14.5 Å². The van der Waals surface area contributed by atoms with Gasteiger partial charge in [0.25, 0.3) is 0 Å². The largest absolute Gasteiger partial charge is 0.497 e. The molecular weight excluding hydrogens is 252 g/mol. The monoisotopic (exact) mass is 263 g/mol. The molecule has 0 amide bonds. The molecule has 2 rings (SSSR count). The smallest absolute Gasteiger partial charge is 0.198 e. The van der Waals surface area contributed by atoms with Crippen LogP contribution >= 0.6 is 0 Å². The number of rotatable bonds is 3. The zero-order valence-electron chi connectivity index (χ0n) is 10.1. The van der Waals surface area contributed by atoms with Gasteiger partial charge in [-0.25, -0.2) is 8.78 Å². The van der Waals surface area contributed by atoms with E-state index in [1.807, 2.05) is 0 Å². The number of benzene rings is 2. The Kier molecular flexibility index (Phi) is 3.46. The van der Waals surface area contributed by atoms with Crippen molar-refractivity contribution in [3.05, 3.63) is 59.2 Å². The van der Waals surface area contributed by atoms with Crippen molar-refractivity contribution >= 4 is 11.5 Å². The number of hydrogen-bond donors (Lipinski definition) is 1. The molecule has 0 bridgehead atoms. The van der Waals surface area contributed by atoms with E-state index >= 15 is 0 Å². The average Bonchev–Trinajstić information content (AvgIpc) is 2.41. The van der Waals surface area contributed by atoms with Gasteiger partial charge in [0.1, 0.15) is 17.4 Å². The molecule has 19 heavy (non-hydrogen) atoms. The van der Waals surface area contributed by atoms with Crippen molar-refractivity contribution in [3.8, 4) is 5.75 Å². The molecule has 0 saturated carbocycles. The Morgan fingerprint density at radius 2 is 1.84 bits per heavy atom. The number of halogens is 2. The molecule has 0 spiro atoms. The van der Waals surface area contributed by atoms with Gasteiger partial charge < -0.3 is 10.5 Å². The fraction of sp³-hybridized carbons (Fsp3) is 0.0714. The maximum absolute atomic E-state index is 13.6. The second-order valence-electron chi connectivity index (χ2n) is 3.91. The Labute approximate surface area is 108 Å². The summed E-state index contributed by atoms with van der Waals surface area (Å²) in [7, 11) is 1.43. The molecule has 98 valence electrons. The van der Waals surface area contributed by atoms with E-state index in [2.05, 4.69) is 0 Å². The zero-order valence-corrected chi connectivity index (χ0v) is 10.1. The van der Waals surface area contributed by atoms with Crippen LogP contribution in [0.15, 0.2) is 36.4 Å². The molecule has 2 N–H and O–H groups in total. The van der Waals surface area contributed by atoms with Crippen LogP contribution in [0.3, 0.4) is 0 Å². The van der Waals surface area contributed by atoms with Crippen molar-refractivity contribution in [2.45, 2.75) is 0 Å². The number of carbonyl (C=O) groups is 1. The molecule has 0 atom stereocenters. The van der Waals surface area contributed by atoms with Crippen LogP contribution in [-0.4, -0.2) is 12.9 Å². The third-order valence-electron chi connectivity index (χ3n) is 2.68. The third kappa shape index (κ3) is 2.54. The summed E-state index contributed by atoms with van der Waals surface area (Å²) in [5, 5.41) is 0. The van der Waals surface area contributed by atoms with Crippen LogP contribution in [0.5, 0.6) is 5.75 Å². The highest BCUT2D eigenvalue weighted by Crippen LogP contribution is 2.23. The van der Waals surface area contributed by atoms with Gasteiger partial charge in [-0.3, -0.25) is 4.79 Å². The van der Waals surface area contributed by atoms with Crippen molar-refractivity contribution < 1.29 is 18.3 Å². The summed E-state index contributed by atoms with van der Waals surface area (Å²) >= 11 is 0. The second-order valence-corrected chi connectivity index (χ2v) is 3.91. The van der Waals surface area contributed by atoms with E-state index < -0.39 is 17.4 Å². The van der Waals surface area contributed by atoms with Gasteiger partial charge in [-0.1, -0.05) is 0 Å². The van der Waals surface area contributed by atoms with Crippen molar-refractivity contribution in [1.82, 2.24) is 0 Å². The third-order valence-corrected chi connectivity index (χ3v) is 2.68. The van der Waals surface area contributed by atoms with Gasteiger partial charge in [-0.05, 0) is 36.4 Å². The first-order valence-corrected chi connectivity index (χ1v) is 5.46. The fourth-order valence-electron chi connectivity index (χ4n) is 1.68. The minimum Gasteiger partial charge on any atom is -0.497 e. The standard InChI is InChI=1S/C14H11F2NO2/c1-19-9-3-5-13(17)11(7-9)14(18)10-6-8(15)2-4-12(10)16/h2-7H,17H2,1H3. The van der Waals surface area contributed by atoms with E-state index in [0.717, 1.165) is 18.2 Å². The molecule has 0 aliphatic carbocycles. The molecule has 0 aliphatic rings. The summed E-state index contributed by atoms with van der Waals surface area (Å²) in [6.45, 7) is 0. The van der Waals surface area contributed by atoms with Crippen LogP contribution < -0.4 is 10.5 Å². The van der Waals surface area contributed by atoms with E-state index in [1.165, 1.54) is 19.2 Å². The predicted molar refractivity (Wildman–Crippen MR) is 67.2 cm³/mol. The Bertz CT molecular complexity index is 641. The lowest BCUT2D eigenvalue weighted by Gasteiger charge is -2.08. The predicted octanol–water partition coefficient (Wildman–Crippen LogP) is 2.79. The van der Waals surface area contributed by atoms with Crippen molar-refractivity contribution in [3.63, 3.8) is 0 Å². The highest BCUT2D eigenvalue weighted by Gasteiger charge is 2.18. The minimum absolute atomic E-state index is 0.0730. The van der Waals surface area contributed by atoms with Gasteiger partial charge in [0, 0.05) is 11.3 Å². The molecule has 0 aromatic heterocycles. The van der Waals surface area contributed by atoms with Crippen LogP contribution in [-0.2, 0) is 0 Å². The van der Waals surface area contributed by atoms with Gasteiger partial charge in [-0.2, -0.15) is 0 Å². The summed E-state index contributed by atoms with van der Waals surface area (Å²) in [5.74, 6) is -1.76. The molecule has 0 radical (unpaired) electrons. The molecule has 0 unspecified atom stereocenters. The van der Waals surface area contributed by atoms with Crippen LogP contribution in [0.1, 0.15) is 15.9 Å². The maximum atomic E-state index is 13.6. The number of nitrogen functional groups attached to an aromatic ring is 1. The van der Waals surface area contributed by atoms with Gasteiger partial charge >= 0.3 is 0 Å². The van der Waals surface area contributed by atoms with Crippen LogP contribution in [0, 0.1) is 11.6 Å². The summed E-state index contributed by atoms with van der Waals surface area (Å²) in [5.41, 5.74) is 5.57. The molecule has 2 aromatic rings. The van der Waals surface area contributed by atoms with Crippen molar-refractivity contribution in [2.75, 3.05) is 12.8 Å². The normalized spacial score (nSPS) is 10.3. The first-order valence-electron chi connectivity index (χ1n) is 5.46. The van der Waals surface area contributed by atoms with E-state index in [9.17, 15) is 13.6 Å². The molecule has 0 fully saturated rings. The molecule has 0 heterocycles. The summed E-state index contributed by atoms with van der Waals surface area (Å²) in [6, 6.07) is 7.13. The van der Waals surface area contributed by atoms with E-state index in [4.69, 9.17) is 10.5 Å². The van der Waals surface area contributed by atoms with Crippen LogP contribution in [0.2, 0.25) is 0 Å². The fourth-order valence-corrected chi connectivity index (χ4v) is 1.68. The SMILES string of the molecule is COc1ccc(N)c(C(=O)c2cc(F)ccc2F)c1. The van der Waals surface area contributed by atoms with E-state index in [0.29, 0.717) is 5.75 Å². The number of nitrogens with two attached hydrogens (primary N) is 1. The first-order chi connectivity index (χ1) is 9.02. The Balaban J connectivity index is 2.52. The van der Waals surface area contributed by atoms with E-state index in [1.54, 1.807) is 6.07 Å². The van der Waals surface area contributed by atoms with Gasteiger partial charge in [0.2, 0.25) is 0 Å². The number of anilines is 1. The lowest BCUT2D eigenvalue weighted by atomic mass is 10.0. The number of hydrogen-bond acceptors (Lipinski definition) is 3. The Morgan fingerprint density at radius 1 is 1.11 bits per heavy atom. The average molecular weight is 263 g/mol. The molecule has 0 saturated heterocycles. The molecule has 5 heteroatoms. The quantitative estimate of drug-likeness (QED) is 0.684. The second kappa shape index (κ2) is 5.06. The topological polar surface area (TPSA) is 52.3 Å². The Morgan fingerprint density at radius 3 is 2.53 bits per heavy atom. The first kappa shape index (κ1) is 13.0. The lowest BCUT2D eigenvalue weighted by Crippen LogP contribution is -2.08. The zero-order chi connectivity index (χ0) is 14.0. The lowest BCUT2D eigenvalue weighted by molar-refractivity contribution is 0.103. The minimum atomic E-state index is -0.798. The number of ether oxygens (including phenoxy) is 1. The van der Waals surface area contributed by atoms with Gasteiger partial charge in [0.15, 0.2) is 5.78 Å². The number of methoxy groups -OCH3 is 1. The van der Waals surface area contributed by atoms with Crippen LogP contribution in [0.25, 0.3) is 0 Å². The number of ketones is 1. The molecule has 2 aromatic carbocycles. The summed E-state index contributed by atoms with van der Waals surface area (Å²) in [6.07, 6.45) is 0. The number of carbonyl (C=O) groups excluding carboxylic acids is 1. The summed E-state index contributed by atoms with van der Waals surface area (Å²) in [4.78, 5) is 12.2. The highest BCUT2D eigenvalue weighted by atomic mass is 19.1. The van der Waals surface area contributed by atoms with E-state index in [-0.39, 0.29) is 16.8 Å². The highest BCUT2D eigenvalue weighted by molar-refractivity contribution is 6.12. The molecular formula is C14H11F2NO2. The molecule has 0 aliphatic heterocycles. The summed E-state index contributed by atoms with van der Waals surface area (Å²) < 4.78 is 31.6. The van der Waals surface area contributed by atoms with Crippen molar-refractivity contribution in [2.24, 2.45) is 0 Å². The van der Waals surface area contributed by atoms with Crippen molar-refractivity contribution in [1.29, 1.82) is 0 Å².